The smallest absolute Gasteiger partial charge is 0.270 e. The van der Waals surface area contributed by atoms with Crippen molar-refractivity contribution in [1.29, 1.82) is 0 Å². The van der Waals surface area contributed by atoms with Crippen LogP contribution in [0.4, 0.5) is 11.4 Å². The topological polar surface area (TPSA) is 78.6 Å². The standard InChI is InChI=1S/C18H20BrN3O3/c19-17-9-15(22(24)25)5-6-18(17)20-10-16(23)12-21-8-7-13-3-1-2-4-14(13)11-21/h1-6,9,16,20,23H,7-8,10-12H2. The molecule has 1 aliphatic heterocycles. The Hall–Kier alpha value is -1.96. The van der Waals surface area contributed by atoms with Gasteiger partial charge >= 0.3 is 0 Å². The number of non-ortho nitro benzene ring substituents is 1. The average molecular weight is 406 g/mol. The lowest BCUT2D eigenvalue weighted by Gasteiger charge is -2.30. The van der Waals surface area contributed by atoms with E-state index in [1.807, 2.05) is 6.07 Å². The van der Waals surface area contributed by atoms with E-state index in [1.165, 1.54) is 23.3 Å². The Kier molecular flexibility index (Phi) is 5.67. The second-order valence-corrected chi connectivity index (χ2v) is 7.06. The fourth-order valence-electron chi connectivity index (χ4n) is 3.06. The number of rotatable bonds is 6. The van der Waals surface area contributed by atoms with Gasteiger partial charge in [-0.1, -0.05) is 24.3 Å². The summed E-state index contributed by atoms with van der Waals surface area (Å²) in [6.07, 6.45) is 0.483. The lowest BCUT2D eigenvalue weighted by Crippen LogP contribution is -2.39. The van der Waals surface area contributed by atoms with E-state index in [4.69, 9.17) is 0 Å². The second-order valence-electron chi connectivity index (χ2n) is 6.21. The molecule has 1 atom stereocenters. The molecule has 2 aromatic rings. The lowest BCUT2D eigenvalue weighted by molar-refractivity contribution is -0.384. The van der Waals surface area contributed by atoms with E-state index in [-0.39, 0.29) is 5.69 Å². The number of nitrogens with zero attached hydrogens (tertiary/aromatic N) is 2. The predicted molar refractivity (Wildman–Crippen MR) is 101 cm³/mol. The van der Waals surface area contributed by atoms with Crippen LogP contribution in [0.25, 0.3) is 0 Å². The lowest BCUT2D eigenvalue weighted by atomic mass is 10.00. The molecule has 0 aliphatic carbocycles. The van der Waals surface area contributed by atoms with Crippen LogP contribution in [0.1, 0.15) is 11.1 Å². The van der Waals surface area contributed by atoms with Crippen molar-refractivity contribution in [2.75, 3.05) is 25.0 Å². The molecule has 1 unspecified atom stereocenters. The van der Waals surface area contributed by atoms with Gasteiger partial charge in [0.25, 0.3) is 5.69 Å². The molecule has 132 valence electrons. The number of nitro groups is 1. The zero-order valence-electron chi connectivity index (χ0n) is 13.7. The molecule has 3 rings (SSSR count). The van der Waals surface area contributed by atoms with E-state index >= 15 is 0 Å². The molecule has 1 aliphatic rings. The fourth-order valence-corrected chi connectivity index (χ4v) is 3.57. The number of aliphatic hydroxyl groups excluding tert-OH is 1. The molecular formula is C18H20BrN3O3. The molecule has 2 aromatic carbocycles. The van der Waals surface area contributed by atoms with Crippen molar-refractivity contribution in [3.8, 4) is 0 Å². The Morgan fingerprint density at radius 2 is 2.04 bits per heavy atom. The van der Waals surface area contributed by atoms with E-state index in [1.54, 1.807) is 6.07 Å². The number of halogens is 1. The Balaban J connectivity index is 1.52. The number of hydrogen-bond acceptors (Lipinski definition) is 5. The largest absolute Gasteiger partial charge is 0.390 e. The van der Waals surface area contributed by atoms with Crippen LogP contribution >= 0.6 is 15.9 Å². The van der Waals surface area contributed by atoms with E-state index in [2.05, 4.69) is 44.3 Å². The minimum absolute atomic E-state index is 0.0324. The van der Waals surface area contributed by atoms with Gasteiger partial charge < -0.3 is 10.4 Å². The van der Waals surface area contributed by atoms with E-state index in [0.717, 1.165) is 25.2 Å². The van der Waals surface area contributed by atoms with Crippen molar-refractivity contribution >= 4 is 27.3 Å². The van der Waals surface area contributed by atoms with Crippen LogP contribution in [0.3, 0.4) is 0 Å². The summed E-state index contributed by atoms with van der Waals surface area (Å²) in [6, 6.07) is 13.0. The number of anilines is 1. The summed E-state index contributed by atoms with van der Waals surface area (Å²) in [5.74, 6) is 0. The van der Waals surface area contributed by atoms with Crippen molar-refractivity contribution < 1.29 is 10.0 Å². The third-order valence-corrected chi connectivity index (χ3v) is 5.03. The van der Waals surface area contributed by atoms with Crippen molar-refractivity contribution in [1.82, 2.24) is 4.90 Å². The summed E-state index contributed by atoms with van der Waals surface area (Å²) < 4.78 is 0.612. The van der Waals surface area contributed by atoms with Crippen molar-refractivity contribution in [3.05, 3.63) is 68.2 Å². The molecule has 0 aromatic heterocycles. The van der Waals surface area contributed by atoms with Crippen LogP contribution in [0.2, 0.25) is 0 Å². The molecule has 25 heavy (non-hydrogen) atoms. The van der Waals surface area contributed by atoms with Crippen molar-refractivity contribution in [2.45, 2.75) is 19.1 Å². The molecule has 0 saturated carbocycles. The number of nitrogens with one attached hydrogen (secondary N) is 1. The Labute approximate surface area is 154 Å². The second kappa shape index (κ2) is 7.95. The van der Waals surface area contributed by atoms with Gasteiger partial charge in [0.15, 0.2) is 0 Å². The van der Waals surface area contributed by atoms with Gasteiger partial charge in [-0.2, -0.15) is 0 Å². The quantitative estimate of drug-likeness (QED) is 0.569. The van der Waals surface area contributed by atoms with E-state index < -0.39 is 11.0 Å². The van der Waals surface area contributed by atoms with Crippen LogP contribution in [0.5, 0.6) is 0 Å². The summed E-state index contributed by atoms with van der Waals surface area (Å²) in [6.45, 7) is 2.77. The number of nitro benzene ring substituents is 1. The van der Waals surface area contributed by atoms with Crippen molar-refractivity contribution in [2.24, 2.45) is 0 Å². The minimum Gasteiger partial charge on any atom is -0.390 e. The molecule has 0 spiro atoms. The van der Waals surface area contributed by atoms with Gasteiger partial charge in [-0.3, -0.25) is 15.0 Å². The predicted octanol–water partition coefficient (Wildman–Crippen LogP) is 3.19. The molecule has 0 radical (unpaired) electrons. The van der Waals surface area contributed by atoms with Crippen LogP contribution in [0.15, 0.2) is 46.9 Å². The van der Waals surface area contributed by atoms with Gasteiger partial charge in [-0.15, -0.1) is 0 Å². The van der Waals surface area contributed by atoms with Gasteiger partial charge in [0.1, 0.15) is 0 Å². The SMILES string of the molecule is O=[N+]([O-])c1ccc(NCC(O)CN2CCc3ccccc3C2)c(Br)c1. The zero-order chi connectivity index (χ0) is 17.8. The highest BCUT2D eigenvalue weighted by atomic mass is 79.9. The molecule has 0 fully saturated rings. The summed E-state index contributed by atoms with van der Waals surface area (Å²) in [4.78, 5) is 12.6. The monoisotopic (exact) mass is 405 g/mol. The van der Waals surface area contributed by atoms with E-state index in [0.29, 0.717) is 17.6 Å². The van der Waals surface area contributed by atoms with E-state index in [9.17, 15) is 15.2 Å². The number of fused-ring (bicyclic) bond motifs is 1. The number of aliphatic hydroxyl groups is 1. The highest BCUT2D eigenvalue weighted by Gasteiger charge is 2.18. The number of β-amino-alcohol motifs (C(OH)–C–C–N with tert-alkyl or cyclic N) is 1. The zero-order valence-corrected chi connectivity index (χ0v) is 15.3. The van der Waals surface area contributed by atoms with Crippen LogP contribution < -0.4 is 5.32 Å². The highest BCUT2D eigenvalue weighted by Crippen LogP contribution is 2.27. The summed E-state index contributed by atoms with van der Waals surface area (Å²) in [5.41, 5.74) is 3.48. The first-order valence-electron chi connectivity index (χ1n) is 8.18. The molecule has 7 heteroatoms. The van der Waals surface area contributed by atoms with Gasteiger partial charge in [-0.05, 0) is 39.5 Å². The summed E-state index contributed by atoms with van der Waals surface area (Å²) in [5, 5.41) is 24.2. The van der Waals surface area contributed by atoms with Gasteiger partial charge in [-0.25, -0.2) is 0 Å². The Bertz CT molecular complexity index is 769. The highest BCUT2D eigenvalue weighted by molar-refractivity contribution is 9.10. The van der Waals surface area contributed by atoms with Gasteiger partial charge in [0.05, 0.1) is 11.0 Å². The normalized spacial score (nSPS) is 15.4. The summed E-state index contributed by atoms with van der Waals surface area (Å²) in [7, 11) is 0. The first-order chi connectivity index (χ1) is 12.0. The van der Waals surface area contributed by atoms with Crippen molar-refractivity contribution in [3.63, 3.8) is 0 Å². The molecule has 6 nitrogen and oxygen atoms in total. The van der Waals surface area contributed by atoms with Crippen LogP contribution in [0, 0.1) is 10.1 Å². The molecule has 1 heterocycles. The Morgan fingerprint density at radius 3 is 2.76 bits per heavy atom. The first-order valence-corrected chi connectivity index (χ1v) is 8.97. The summed E-state index contributed by atoms with van der Waals surface area (Å²) >= 11 is 3.32. The maximum absolute atomic E-state index is 10.8. The maximum Gasteiger partial charge on any atom is 0.270 e. The molecule has 0 bridgehead atoms. The fraction of sp³-hybridized carbons (Fsp3) is 0.333. The van der Waals surface area contributed by atoms with Gasteiger partial charge in [0, 0.05) is 48.5 Å². The third kappa shape index (κ3) is 4.56. The molecule has 0 saturated heterocycles. The number of benzene rings is 2. The minimum atomic E-state index is -0.521. The molecular weight excluding hydrogens is 386 g/mol. The number of hydrogen-bond donors (Lipinski definition) is 2. The van der Waals surface area contributed by atoms with Crippen LogP contribution in [-0.4, -0.2) is 40.7 Å². The Morgan fingerprint density at radius 1 is 1.28 bits per heavy atom. The first kappa shape index (κ1) is 17.8. The van der Waals surface area contributed by atoms with Crippen LogP contribution in [-0.2, 0) is 13.0 Å². The van der Waals surface area contributed by atoms with Gasteiger partial charge in [0.2, 0.25) is 0 Å². The molecule has 0 amide bonds. The molecule has 2 N–H and O–H groups in total. The maximum atomic E-state index is 10.8. The average Bonchev–Trinajstić information content (AvgIpc) is 2.60. The third-order valence-electron chi connectivity index (χ3n) is 4.37.